The van der Waals surface area contributed by atoms with Crippen LogP contribution in [0.1, 0.15) is 19.0 Å². The first-order valence-electron chi connectivity index (χ1n) is 5.40. The first kappa shape index (κ1) is 9.97. The second-order valence-corrected chi connectivity index (χ2v) is 3.74. The summed E-state index contributed by atoms with van der Waals surface area (Å²) in [6.07, 6.45) is 3.08. The molecule has 1 aromatic heterocycles. The fraction of sp³-hybridized carbons (Fsp3) is 0.308. The van der Waals surface area contributed by atoms with Gasteiger partial charge < -0.3 is 4.57 Å². The first-order valence-corrected chi connectivity index (χ1v) is 5.40. The Bertz CT molecular complexity index is 429. The van der Waals surface area contributed by atoms with E-state index in [9.17, 15) is 0 Å². The minimum Gasteiger partial charge on any atom is -0.334 e. The highest BCUT2D eigenvalue weighted by Crippen LogP contribution is 2.20. The van der Waals surface area contributed by atoms with E-state index in [0.717, 1.165) is 18.7 Å². The van der Waals surface area contributed by atoms with E-state index in [1.807, 2.05) is 24.5 Å². The zero-order valence-corrected chi connectivity index (χ0v) is 9.27. The van der Waals surface area contributed by atoms with Crippen molar-refractivity contribution in [3.63, 3.8) is 0 Å². The van der Waals surface area contributed by atoms with Gasteiger partial charge in [0.15, 0.2) is 0 Å². The lowest BCUT2D eigenvalue weighted by Gasteiger charge is -2.03. The summed E-state index contributed by atoms with van der Waals surface area (Å²) < 4.78 is 2.21. The number of aryl methyl sites for hydroxylation is 1. The summed E-state index contributed by atoms with van der Waals surface area (Å²) >= 11 is 0. The zero-order valence-electron chi connectivity index (χ0n) is 9.27. The Labute approximate surface area is 90.6 Å². The van der Waals surface area contributed by atoms with E-state index < -0.39 is 0 Å². The van der Waals surface area contributed by atoms with Gasteiger partial charge in [0.1, 0.15) is 0 Å². The number of imidazole rings is 1. The van der Waals surface area contributed by atoms with Crippen molar-refractivity contribution in [2.24, 2.45) is 0 Å². The van der Waals surface area contributed by atoms with Crippen LogP contribution < -0.4 is 0 Å². The Hall–Kier alpha value is -1.57. The number of nitrogens with zero attached hydrogens (tertiary/aromatic N) is 2. The maximum absolute atomic E-state index is 4.47. The van der Waals surface area contributed by atoms with Crippen LogP contribution >= 0.6 is 0 Å². The molecule has 2 rings (SSSR count). The summed E-state index contributed by atoms with van der Waals surface area (Å²) in [6.45, 7) is 5.36. The monoisotopic (exact) mass is 200 g/mol. The molecule has 15 heavy (non-hydrogen) atoms. The summed E-state index contributed by atoms with van der Waals surface area (Å²) in [4.78, 5) is 4.47. The third-order valence-corrected chi connectivity index (χ3v) is 2.61. The molecule has 0 aliphatic heterocycles. The molecule has 0 amide bonds. The Morgan fingerprint density at radius 1 is 1.20 bits per heavy atom. The zero-order chi connectivity index (χ0) is 10.7. The van der Waals surface area contributed by atoms with Crippen LogP contribution in [0.5, 0.6) is 0 Å². The molecule has 0 saturated carbocycles. The lowest BCUT2D eigenvalue weighted by atomic mass is 10.1. The molecular weight excluding hydrogens is 184 g/mol. The minimum atomic E-state index is 1.05. The molecule has 2 aromatic rings. The van der Waals surface area contributed by atoms with Crippen LogP contribution in [0, 0.1) is 6.92 Å². The fourth-order valence-electron chi connectivity index (χ4n) is 1.79. The van der Waals surface area contributed by atoms with Crippen molar-refractivity contribution in [3.05, 3.63) is 42.4 Å². The van der Waals surface area contributed by atoms with Gasteiger partial charge in [-0.05, 0) is 13.3 Å². The van der Waals surface area contributed by atoms with E-state index in [-0.39, 0.29) is 0 Å². The molecule has 0 bridgehead atoms. The average Bonchev–Trinajstić information content (AvgIpc) is 2.63. The fourth-order valence-corrected chi connectivity index (χ4v) is 1.79. The van der Waals surface area contributed by atoms with E-state index in [4.69, 9.17) is 0 Å². The van der Waals surface area contributed by atoms with Crippen LogP contribution in [0.25, 0.3) is 11.3 Å². The van der Waals surface area contributed by atoms with Gasteiger partial charge in [0.05, 0.1) is 12.0 Å². The molecule has 0 radical (unpaired) electrons. The maximum atomic E-state index is 4.47. The second-order valence-electron chi connectivity index (χ2n) is 3.74. The summed E-state index contributed by atoms with van der Waals surface area (Å²) in [5.74, 6) is 0. The second kappa shape index (κ2) is 4.30. The predicted octanol–water partition coefficient (Wildman–Crippen LogP) is 3.27. The molecule has 78 valence electrons. The topological polar surface area (TPSA) is 17.8 Å². The van der Waals surface area contributed by atoms with Crippen molar-refractivity contribution in [1.82, 2.24) is 9.55 Å². The van der Waals surface area contributed by atoms with Gasteiger partial charge in [0, 0.05) is 17.8 Å². The van der Waals surface area contributed by atoms with Gasteiger partial charge in [-0.1, -0.05) is 37.3 Å². The maximum Gasteiger partial charge on any atom is 0.0955 e. The van der Waals surface area contributed by atoms with Gasteiger partial charge in [-0.25, -0.2) is 4.98 Å². The van der Waals surface area contributed by atoms with Crippen LogP contribution in [0.2, 0.25) is 0 Å². The highest BCUT2D eigenvalue weighted by molar-refractivity contribution is 5.61. The molecule has 0 spiro atoms. The molecule has 0 aliphatic rings. The van der Waals surface area contributed by atoms with Gasteiger partial charge in [-0.3, -0.25) is 0 Å². The predicted molar refractivity (Wildman–Crippen MR) is 62.7 cm³/mol. The summed E-state index contributed by atoms with van der Waals surface area (Å²) in [5, 5.41) is 0. The molecule has 0 fully saturated rings. The number of benzene rings is 1. The molecule has 0 N–H and O–H groups in total. The SMILES string of the molecule is CCCn1cnc(-c2ccccc2)c1C. The molecule has 1 heterocycles. The van der Waals surface area contributed by atoms with Crippen molar-refractivity contribution in [2.75, 3.05) is 0 Å². The largest absolute Gasteiger partial charge is 0.334 e. The quantitative estimate of drug-likeness (QED) is 0.743. The lowest BCUT2D eigenvalue weighted by molar-refractivity contribution is 0.662. The van der Waals surface area contributed by atoms with Crippen molar-refractivity contribution < 1.29 is 0 Å². The highest BCUT2D eigenvalue weighted by atomic mass is 15.0. The van der Waals surface area contributed by atoms with Crippen molar-refractivity contribution >= 4 is 0 Å². The molecule has 0 aliphatic carbocycles. The highest BCUT2D eigenvalue weighted by Gasteiger charge is 2.06. The number of rotatable bonds is 3. The van der Waals surface area contributed by atoms with Gasteiger partial charge >= 0.3 is 0 Å². The normalized spacial score (nSPS) is 10.5. The van der Waals surface area contributed by atoms with Crippen molar-refractivity contribution in [3.8, 4) is 11.3 Å². The number of aromatic nitrogens is 2. The summed E-state index contributed by atoms with van der Waals surface area (Å²) in [7, 11) is 0. The van der Waals surface area contributed by atoms with Crippen LogP contribution in [0.3, 0.4) is 0 Å². The minimum absolute atomic E-state index is 1.05. The van der Waals surface area contributed by atoms with Gasteiger partial charge in [-0.15, -0.1) is 0 Å². The third kappa shape index (κ3) is 1.94. The van der Waals surface area contributed by atoms with Crippen LogP contribution in [-0.2, 0) is 6.54 Å². The third-order valence-electron chi connectivity index (χ3n) is 2.61. The van der Waals surface area contributed by atoms with E-state index in [1.165, 1.54) is 11.3 Å². The molecule has 2 heteroatoms. The summed E-state index contributed by atoms with van der Waals surface area (Å²) in [5.41, 5.74) is 3.55. The van der Waals surface area contributed by atoms with E-state index in [0.29, 0.717) is 0 Å². The average molecular weight is 200 g/mol. The van der Waals surface area contributed by atoms with Crippen molar-refractivity contribution in [2.45, 2.75) is 26.8 Å². The lowest BCUT2D eigenvalue weighted by Crippen LogP contribution is -1.97. The Morgan fingerprint density at radius 3 is 2.60 bits per heavy atom. The smallest absolute Gasteiger partial charge is 0.0955 e. The van der Waals surface area contributed by atoms with Crippen LogP contribution in [0.15, 0.2) is 36.7 Å². The molecule has 0 saturated heterocycles. The number of hydrogen-bond acceptors (Lipinski definition) is 1. The van der Waals surface area contributed by atoms with E-state index >= 15 is 0 Å². The molecular formula is C13H16N2. The standard InChI is InChI=1S/C13H16N2/c1-3-9-15-10-14-13(11(15)2)12-7-5-4-6-8-12/h4-8,10H,3,9H2,1-2H3. The van der Waals surface area contributed by atoms with Gasteiger partial charge in [0.2, 0.25) is 0 Å². The molecule has 0 atom stereocenters. The van der Waals surface area contributed by atoms with Crippen LogP contribution in [0.4, 0.5) is 0 Å². The number of hydrogen-bond donors (Lipinski definition) is 0. The molecule has 0 unspecified atom stereocenters. The van der Waals surface area contributed by atoms with Crippen LogP contribution in [-0.4, -0.2) is 9.55 Å². The van der Waals surface area contributed by atoms with E-state index in [1.54, 1.807) is 0 Å². The van der Waals surface area contributed by atoms with Gasteiger partial charge in [0.25, 0.3) is 0 Å². The molecule has 2 nitrogen and oxygen atoms in total. The van der Waals surface area contributed by atoms with Crippen molar-refractivity contribution in [1.29, 1.82) is 0 Å². The Kier molecular flexibility index (Phi) is 2.86. The molecule has 1 aromatic carbocycles. The van der Waals surface area contributed by atoms with E-state index in [2.05, 4.69) is 35.5 Å². The Morgan fingerprint density at radius 2 is 1.93 bits per heavy atom. The van der Waals surface area contributed by atoms with Gasteiger partial charge in [-0.2, -0.15) is 0 Å². The first-order chi connectivity index (χ1) is 7.33. The Balaban J connectivity index is 2.38. The summed E-state index contributed by atoms with van der Waals surface area (Å²) in [6, 6.07) is 10.3.